The maximum atomic E-state index is 12.5. The lowest BCUT2D eigenvalue weighted by molar-refractivity contribution is -0.186. The third kappa shape index (κ3) is 5.03. The number of urea groups is 1. The van der Waals surface area contributed by atoms with Gasteiger partial charge in [0, 0.05) is 36.5 Å². The molecule has 2 aromatic carbocycles. The van der Waals surface area contributed by atoms with Crippen LogP contribution in [0.15, 0.2) is 60.9 Å². The van der Waals surface area contributed by atoms with E-state index in [1.807, 2.05) is 13.0 Å². The predicted molar refractivity (Wildman–Crippen MR) is 126 cm³/mol. The summed E-state index contributed by atoms with van der Waals surface area (Å²) in [5.74, 6) is -4.87. The van der Waals surface area contributed by atoms with E-state index in [-0.39, 0.29) is 6.54 Å². The number of hydrazine groups is 1. The molecule has 1 saturated heterocycles. The number of aromatic nitrogens is 2. The van der Waals surface area contributed by atoms with Gasteiger partial charge in [-0.2, -0.15) is 0 Å². The minimum Gasteiger partial charge on any atom is -0.351 e. The van der Waals surface area contributed by atoms with Crippen LogP contribution in [0.2, 0.25) is 0 Å². The highest BCUT2D eigenvalue weighted by Crippen LogP contribution is 2.24. The molecule has 3 aromatic rings. The number of aliphatic hydroxyl groups is 2. The lowest BCUT2D eigenvalue weighted by Gasteiger charge is -2.23. The summed E-state index contributed by atoms with van der Waals surface area (Å²) in [5.41, 5.74) is 3.35. The Morgan fingerprint density at radius 2 is 1.60 bits per heavy atom. The predicted octanol–water partition coefficient (Wildman–Crippen LogP) is 1.57. The third-order valence-corrected chi connectivity index (χ3v) is 5.34. The molecule has 1 fully saturated rings. The van der Waals surface area contributed by atoms with E-state index in [9.17, 15) is 24.6 Å². The summed E-state index contributed by atoms with van der Waals surface area (Å²) >= 11 is 0. The van der Waals surface area contributed by atoms with Gasteiger partial charge in [-0.1, -0.05) is 18.2 Å². The average Bonchev–Trinajstić information content (AvgIpc) is 2.98. The van der Waals surface area contributed by atoms with Gasteiger partial charge in [0.15, 0.2) is 0 Å². The van der Waals surface area contributed by atoms with Gasteiger partial charge in [0.1, 0.15) is 0 Å². The molecule has 1 aromatic heterocycles. The first-order chi connectivity index (χ1) is 16.6. The molecular weight excluding hydrogens is 454 g/mol. The fourth-order valence-electron chi connectivity index (χ4n) is 3.40. The van der Waals surface area contributed by atoms with E-state index in [2.05, 4.69) is 25.9 Å². The number of rotatable bonds is 6. The SMILES string of the molecule is Cc1ccc(NC(=O)Nc2ccc(CN3C(=O)C(O)(O)C(=O)N3C)cc2)cc1Nc1ncccn1. The number of likely N-dealkylation sites (N-methyl/N-ethyl adjacent to an activating group) is 1. The summed E-state index contributed by atoms with van der Waals surface area (Å²) in [6.07, 6.45) is 3.25. The van der Waals surface area contributed by atoms with Gasteiger partial charge in [-0.3, -0.25) is 9.59 Å². The summed E-state index contributed by atoms with van der Waals surface area (Å²) in [6, 6.07) is 13.2. The van der Waals surface area contributed by atoms with Crippen molar-refractivity contribution in [3.63, 3.8) is 0 Å². The number of nitrogens with zero attached hydrogens (tertiary/aromatic N) is 4. The van der Waals surface area contributed by atoms with E-state index in [0.717, 1.165) is 21.3 Å². The fourth-order valence-corrected chi connectivity index (χ4v) is 3.40. The third-order valence-electron chi connectivity index (χ3n) is 5.34. The second-order valence-corrected chi connectivity index (χ2v) is 7.87. The van der Waals surface area contributed by atoms with Crippen LogP contribution in [0.25, 0.3) is 0 Å². The normalized spacial score (nSPS) is 14.7. The van der Waals surface area contributed by atoms with Crippen molar-refractivity contribution in [3.05, 3.63) is 72.1 Å². The molecule has 5 N–H and O–H groups in total. The Morgan fingerprint density at radius 1 is 0.971 bits per heavy atom. The van der Waals surface area contributed by atoms with Gasteiger partial charge in [-0.05, 0) is 48.4 Å². The van der Waals surface area contributed by atoms with E-state index in [1.165, 1.54) is 7.05 Å². The molecule has 35 heavy (non-hydrogen) atoms. The van der Waals surface area contributed by atoms with Gasteiger partial charge in [-0.15, -0.1) is 0 Å². The van der Waals surface area contributed by atoms with Crippen LogP contribution in [-0.2, 0) is 16.1 Å². The minimum atomic E-state index is -3.06. The molecule has 180 valence electrons. The lowest BCUT2D eigenvalue weighted by Crippen LogP contribution is -2.43. The van der Waals surface area contributed by atoms with Gasteiger partial charge < -0.3 is 26.2 Å². The molecule has 0 radical (unpaired) electrons. The average molecular weight is 477 g/mol. The number of hydrogen-bond donors (Lipinski definition) is 5. The van der Waals surface area contributed by atoms with Crippen LogP contribution in [0.3, 0.4) is 0 Å². The van der Waals surface area contributed by atoms with Crippen LogP contribution >= 0.6 is 0 Å². The van der Waals surface area contributed by atoms with Crippen molar-refractivity contribution in [1.29, 1.82) is 0 Å². The largest absolute Gasteiger partial charge is 0.351 e. The molecule has 4 rings (SSSR count). The summed E-state index contributed by atoms with van der Waals surface area (Å²) in [5, 5.41) is 29.6. The Hall–Kier alpha value is -4.55. The molecule has 0 saturated carbocycles. The van der Waals surface area contributed by atoms with Crippen LogP contribution < -0.4 is 16.0 Å². The summed E-state index contributed by atoms with van der Waals surface area (Å²) in [6.45, 7) is 1.86. The van der Waals surface area contributed by atoms with E-state index in [4.69, 9.17) is 0 Å². The summed E-state index contributed by atoms with van der Waals surface area (Å²) in [4.78, 5) is 44.6. The fraction of sp³-hybridized carbons (Fsp3) is 0.174. The molecule has 12 nitrogen and oxygen atoms in total. The van der Waals surface area contributed by atoms with Crippen molar-refractivity contribution in [3.8, 4) is 0 Å². The molecule has 0 aliphatic carbocycles. The van der Waals surface area contributed by atoms with E-state index in [1.54, 1.807) is 54.9 Å². The Kier molecular flexibility index (Phi) is 6.32. The quantitative estimate of drug-likeness (QED) is 0.264. The zero-order valence-corrected chi connectivity index (χ0v) is 18.9. The second-order valence-electron chi connectivity index (χ2n) is 7.87. The lowest BCUT2D eigenvalue weighted by atomic mass is 10.2. The number of hydrogen-bond acceptors (Lipinski definition) is 8. The topological polar surface area (TPSA) is 160 Å². The monoisotopic (exact) mass is 477 g/mol. The number of carbonyl (C=O) groups excluding carboxylic acids is 3. The van der Waals surface area contributed by atoms with Gasteiger partial charge >= 0.3 is 23.6 Å². The first-order valence-electron chi connectivity index (χ1n) is 10.5. The van der Waals surface area contributed by atoms with E-state index < -0.39 is 23.6 Å². The summed E-state index contributed by atoms with van der Waals surface area (Å²) in [7, 11) is 1.27. The van der Waals surface area contributed by atoms with Crippen LogP contribution in [0, 0.1) is 6.92 Å². The van der Waals surface area contributed by atoms with Crippen molar-refractivity contribution < 1.29 is 24.6 Å². The number of carbonyl (C=O) groups is 3. The molecule has 4 amide bonds. The molecule has 0 unspecified atom stereocenters. The molecule has 0 bridgehead atoms. The first kappa shape index (κ1) is 23.6. The number of aryl methyl sites for hydroxylation is 1. The molecule has 1 aliphatic rings. The molecule has 12 heteroatoms. The highest BCUT2D eigenvalue weighted by Gasteiger charge is 2.55. The second kappa shape index (κ2) is 9.37. The molecule has 0 atom stereocenters. The smallest absolute Gasteiger partial charge is 0.330 e. The van der Waals surface area contributed by atoms with Gasteiger partial charge in [0.05, 0.1) is 6.54 Å². The Labute approximate surface area is 200 Å². The minimum absolute atomic E-state index is 0.0549. The maximum absolute atomic E-state index is 12.5. The van der Waals surface area contributed by atoms with Crippen LogP contribution in [0.4, 0.5) is 27.8 Å². The Balaban J connectivity index is 1.36. The number of benzene rings is 2. The highest BCUT2D eigenvalue weighted by atomic mass is 16.5. The first-order valence-corrected chi connectivity index (χ1v) is 10.5. The number of amides is 4. The summed E-state index contributed by atoms with van der Waals surface area (Å²) < 4.78 is 0. The molecule has 2 heterocycles. The van der Waals surface area contributed by atoms with Crippen LogP contribution in [0.1, 0.15) is 11.1 Å². The highest BCUT2D eigenvalue weighted by molar-refractivity contribution is 6.10. The van der Waals surface area contributed by atoms with Crippen LogP contribution in [-0.4, -0.2) is 60.9 Å². The van der Waals surface area contributed by atoms with E-state index in [0.29, 0.717) is 22.9 Å². The molecule has 1 aliphatic heterocycles. The standard InChI is InChI=1S/C23H23N7O5/c1-14-4-7-17(12-18(14)28-21-24-10-3-11-25-21)27-22(33)26-16-8-5-15(6-9-16)13-30-20(32)23(34,35)19(31)29(30)2/h3-12,34-35H,13H2,1-2H3,(H,24,25,28)(H2,26,27,33). The zero-order chi connectivity index (χ0) is 25.2. The number of nitrogens with one attached hydrogen (secondary N) is 3. The van der Waals surface area contributed by atoms with Gasteiger partial charge in [-0.25, -0.2) is 24.8 Å². The van der Waals surface area contributed by atoms with Crippen molar-refractivity contribution in [1.82, 2.24) is 20.0 Å². The molecular formula is C23H23N7O5. The van der Waals surface area contributed by atoms with Crippen molar-refractivity contribution in [2.75, 3.05) is 23.0 Å². The molecule has 0 spiro atoms. The Morgan fingerprint density at radius 3 is 2.23 bits per heavy atom. The van der Waals surface area contributed by atoms with E-state index >= 15 is 0 Å². The zero-order valence-electron chi connectivity index (χ0n) is 18.9. The van der Waals surface area contributed by atoms with Gasteiger partial charge in [0.2, 0.25) is 5.95 Å². The number of anilines is 4. The van der Waals surface area contributed by atoms with Crippen molar-refractivity contribution >= 4 is 40.9 Å². The van der Waals surface area contributed by atoms with Gasteiger partial charge in [0.25, 0.3) is 0 Å². The Bertz CT molecular complexity index is 1270. The maximum Gasteiger partial charge on any atom is 0.330 e. The van der Waals surface area contributed by atoms with Crippen molar-refractivity contribution in [2.24, 2.45) is 0 Å². The van der Waals surface area contributed by atoms with Crippen LogP contribution in [0.5, 0.6) is 0 Å². The van der Waals surface area contributed by atoms with Crippen molar-refractivity contribution in [2.45, 2.75) is 19.3 Å².